The van der Waals surface area contributed by atoms with Crippen LogP contribution in [0.15, 0.2) is 0 Å². The molecule has 0 spiro atoms. The molecule has 17 heavy (non-hydrogen) atoms. The normalized spacial score (nSPS) is 25.4. The summed E-state index contributed by atoms with van der Waals surface area (Å²) in [6, 6.07) is 1.30. The van der Waals surface area contributed by atoms with E-state index in [4.69, 9.17) is 5.73 Å². The number of thioether (sulfide) groups is 1. The number of nitrogens with two attached hydrogens (primary N) is 1. The lowest BCUT2D eigenvalue weighted by Crippen LogP contribution is -2.41. The molecule has 1 aliphatic rings. The molecule has 0 unspecified atom stereocenters. The van der Waals surface area contributed by atoms with Gasteiger partial charge in [0.2, 0.25) is 0 Å². The summed E-state index contributed by atoms with van der Waals surface area (Å²) in [6.45, 7) is 7.11. The monoisotopic (exact) mass is 258 g/mol. The molecule has 0 saturated heterocycles. The molecule has 0 heterocycles. The van der Waals surface area contributed by atoms with Crippen molar-refractivity contribution in [2.24, 2.45) is 5.73 Å². The number of rotatable bonds is 8. The van der Waals surface area contributed by atoms with Gasteiger partial charge in [0.05, 0.1) is 0 Å². The third kappa shape index (κ3) is 6.12. The van der Waals surface area contributed by atoms with Crippen molar-refractivity contribution in [3.8, 4) is 0 Å². The molecule has 2 N–H and O–H groups in total. The van der Waals surface area contributed by atoms with Gasteiger partial charge in [-0.05, 0) is 63.1 Å². The van der Waals surface area contributed by atoms with Crippen LogP contribution in [-0.2, 0) is 0 Å². The van der Waals surface area contributed by atoms with Gasteiger partial charge in [0, 0.05) is 12.1 Å². The van der Waals surface area contributed by atoms with Gasteiger partial charge in [-0.25, -0.2) is 0 Å². The predicted octanol–water partition coefficient (Wildman–Crippen LogP) is 3.11. The molecule has 2 nitrogen and oxygen atoms in total. The second-order valence-corrected chi connectivity index (χ2v) is 6.55. The van der Waals surface area contributed by atoms with E-state index in [-0.39, 0.29) is 0 Å². The Bertz CT molecular complexity index is 179. The van der Waals surface area contributed by atoms with Gasteiger partial charge in [-0.2, -0.15) is 11.8 Å². The molecule has 3 heteroatoms. The maximum absolute atomic E-state index is 5.99. The molecule has 0 bridgehead atoms. The van der Waals surface area contributed by atoms with Crippen LogP contribution < -0.4 is 5.73 Å². The minimum absolute atomic E-state index is 0.477. The van der Waals surface area contributed by atoms with Crippen molar-refractivity contribution in [3.05, 3.63) is 0 Å². The van der Waals surface area contributed by atoms with Crippen LogP contribution >= 0.6 is 11.8 Å². The first kappa shape index (κ1) is 15.3. The van der Waals surface area contributed by atoms with Gasteiger partial charge < -0.3 is 10.6 Å². The van der Waals surface area contributed by atoms with Gasteiger partial charge in [-0.15, -0.1) is 0 Å². The highest BCUT2D eigenvalue weighted by atomic mass is 32.2. The second kappa shape index (κ2) is 9.23. The van der Waals surface area contributed by atoms with Crippen molar-refractivity contribution in [1.29, 1.82) is 0 Å². The van der Waals surface area contributed by atoms with Gasteiger partial charge in [0.1, 0.15) is 0 Å². The van der Waals surface area contributed by atoms with Gasteiger partial charge >= 0.3 is 0 Å². The van der Waals surface area contributed by atoms with Crippen LogP contribution in [0.2, 0.25) is 0 Å². The lowest BCUT2D eigenvalue weighted by atomic mass is 9.90. The Kier molecular flexibility index (Phi) is 8.33. The van der Waals surface area contributed by atoms with Crippen LogP contribution in [0.25, 0.3) is 0 Å². The first-order valence-electron chi connectivity index (χ1n) is 7.35. The first-order chi connectivity index (χ1) is 8.27. The fourth-order valence-corrected chi connectivity index (χ4v) is 3.37. The molecule has 1 rings (SSSR count). The standard InChI is InChI=1S/C14H30N2S/c1-3-10-16(11-5-12-17-4-2)14-8-6-13(15)7-9-14/h13-14H,3-12,15H2,1-2H3. The zero-order valence-electron chi connectivity index (χ0n) is 11.7. The van der Waals surface area contributed by atoms with E-state index in [0.717, 1.165) is 6.04 Å². The molecule has 0 aromatic heterocycles. The Morgan fingerprint density at radius 3 is 2.41 bits per heavy atom. The van der Waals surface area contributed by atoms with Crippen LogP contribution in [0.5, 0.6) is 0 Å². The molecule has 0 aliphatic heterocycles. The van der Waals surface area contributed by atoms with Crippen molar-refractivity contribution >= 4 is 11.8 Å². The zero-order chi connectivity index (χ0) is 12.5. The van der Waals surface area contributed by atoms with Gasteiger partial charge in [0.25, 0.3) is 0 Å². The molecule has 1 fully saturated rings. The maximum Gasteiger partial charge on any atom is 0.00964 e. The minimum Gasteiger partial charge on any atom is -0.328 e. The van der Waals surface area contributed by atoms with Gasteiger partial charge in [-0.1, -0.05) is 13.8 Å². The zero-order valence-corrected chi connectivity index (χ0v) is 12.5. The molecule has 0 amide bonds. The van der Waals surface area contributed by atoms with E-state index in [9.17, 15) is 0 Å². The van der Waals surface area contributed by atoms with E-state index < -0.39 is 0 Å². The lowest BCUT2D eigenvalue weighted by molar-refractivity contribution is 0.150. The summed E-state index contributed by atoms with van der Waals surface area (Å²) in [5, 5.41) is 0. The highest BCUT2D eigenvalue weighted by Crippen LogP contribution is 2.22. The number of hydrogen-bond donors (Lipinski definition) is 1. The number of nitrogens with zero attached hydrogens (tertiary/aromatic N) is 1. The van der Waals surface area contributed by atoms with Crippen LogP contribution in [-0.4, -0.2) is 41.6 Å². The van der Waals surface area contributed by atoms with Crippen LogP contribution in [0.1, 0.15) is 52.4 Å². The molecule has 0 aromatic rings. The molecule has 102 valence electrons. The Labute approximate surface area is 112 Å². The summed E-state index contributed by atoms with van der Waals surface area (Å²) in [5.41, 5.74) is 5.99. The molecular formula is C14H30N2S. The average Bonchev–Trinajstić information content (AvgIpc) is 2.34. The van der Waals surface area contributed by atoms with Crippen LogP contribution in [0.3, 0.4) is 0 Å². The topological polar surface area (TPSA) is 29.3 Å². The number of hydrogen-bond acceptors (Lipinski definition) is 3. The van der Waals surface area contributed by atoms with Crippen molar-refractivity contribution in [2.75, 3.05) is 24.6 Å². The van der Waals surface area contributed by atoms with Crippen molar-refractivity contribution in [2.45, 2.75) is 64.5 Å². The SMILES string of the molecule is CCCN(CCCSCC)C1CCC(N)CC1. The molecular weight excluding hydrogens is 228 g/mol. The summed E-state index contributed by atoms with van der Waals surface area (Å²) in [4.78, 5) is 2.72. The van der Waals surface area contributed by atoms with Crippen molar-refractivity contribution in [1.82, 2.24) is 4.90 Å². The van der Waals surface area contributed by atoms with E-state index in [1.165, 1.54) is 63.1 Å². The average molecular weight is 258 g/mol. The summed E-state index contributed by atoms with van der Waals surface area (Å²) in [5.74, 6) is 2.58. The Balaban J connectivity index is 2.26. The Morgan fingerprint density at radius 2 is 1.82 bits per heavy atom. The maximum atomic E-state index is 5.99. The van der Waals surface area contributed by atoms with E-state index in [0.29, 0.717) is 6.04 Å². The molecule has 1 aliphatic carbocycles. The third-order valence-corrected chi connectivity index (χ3v) is 4.69. The van der Waals surface area contributed by atoms with Crippen LogP contribution in [0, 0.1) is 0 Å². The van der Waals surface area contributed by atoms with E-state index >= 15 is 0 Å². The van der Waals surface area contributed by atoms with Crippen molar-refractivity contribution in [3.63, 3.8) is 0 Å². The molecule has 0 aromatic carbocycles. The summed E-state index contributed by atoms with van der Waals surface area (Å²) in [7, 11) is 0. The van der Waals surface area contributed by atoms with Crippen molar-refractivity contribution < 1.29 is 0 Å². The first-order valence-corrected chi connectivity index (χ1v) is 8.50. The third-order valence-electron chi connectivity index (χ3n) is 3.71. The highest BCUT2D eigenvalue weighted by Gasteiger charge is 2.23. The largest absolute Gasteiger partial charge is 0.328 e. The van der Waals surface area contributed by atoms with Gasteiger partial charge in [0.15, 0.2) is 0 Å². The van der Waals surface area contributed by atoms with Gasteiger partial charge in [-0.3, -0.25) is 0 Å². The summed E-state index contributed by atoms with van der Waals surface area (Å²) in [6.07, 6.45) is 7.73. The fraction of sp³-hybridized carbons (Fsp3) is 1.00. The van der Waals surface area contributed by atoms with E-state index in [1.54, 1.807) is 0 Å². The lowest BCUT2D eigenvalue weighted by Gasteiger charge is -2.36. The second-order valence-electron chi connectivity index (χ2n) is 5.16. The van der Waals surface area contributed by atoms with E-state index in [1.807, 2.05) is 0 Å². The molecule has 0 radical (unpaired) electrons. The van der Waals surface area contributed by atoms with Crippen LogP contribution in [0.4, 0.5) is 0 Å². The Morgan fingerprint density at radius 1 is 1.12 bits per heavy atom. The summed E-state index contributed by atoms with van der Waals surface area (Å²) < 4.78 is 0. The Hall–Kier alpha value is 0.270. The highest BCUT2D eigenvalue weighted by molar-refractivity contribution is 7.99. The predicted molar refractivity (Wildman–Crippen MR) is 79.7 cm³/mol. The van der Waals surface area contributed by atoms with E-state index in [2.05, 4.69) is 30.5 Å². The fourth-order valence-electron chi connectivity index (χ4n) is 2.74. The quantitative estimate of drug-likeness (QED) is 0.678. The minimum atomic E-state index is 0.477. The smallest absolute Gasteiger partial charge is 0.00964 e. The summed E-state index contributed by atoms with van der Waals surface area (Å²) >= 11 is 2.07. The molecule has 0 atom stereocenters. The molecule has 1 saturated carbocycles.